The van der Waals surface area contributed by atoms with E-state index in [0.29, 0.717) is 5.82 Å². The Kier molecular flexibility index (Phi) is 4.90. The maximum absolute atomic E-state index is 12.4. The number of aryl methyl sites for hydroxylation is 1. The SMILES string of the molecule is Cn1ccc2c(P(C)C)c(Nc3nc(Cl)ncc3Br)ccc2c1=O. The van der Waals surface area contributed by atoms with Gasteiger partial charge < -0.3 is 9.88 Å². The number of rotatable bonds is 3. The van der Waals surface area contributed by atoms with Crippen molar-refractivity contribution in [3.63, 3.8) is 0 Å². The molecule has 0 radical (unpaired) electrons. The molecule has 0 saturated heterocycles. The second-order valence-electron chi connectivity index (χ2n) is 5.51. The highest BCUT2D eigenvalue weighted by Crippen LogP contribution is 2.34. The lowest BCUT2D eigenvalue weighted by Crippen LogP contribution is -2.19. The second kappa shape index (κ2) is 6.79. The number of halogens is 2. The molecule has 0 unspecified atom stereocenters. The molecule has 0 amide bonds. The van der Waals surface area contributed by atoms with Crippen molar-refractivity contribution in [1.82, 2.24) is 14.5 Å². The highest BCUT2D eigenvalue weighted by molar-refractivity contribution is 9.10. The van der Waals surface area contributed by atoms with Crippen LogP contribution in [-0.4, -0.2) is 27.9 Å². The van der Waals surface area contributed by atoms with Gasteiger partial charge in [-0.25, -0.2) is 4.98 Å². The van der Waals surface area contributed by atoms with Crippen molar-refractivity contribution >= 4 is 63.0 Å². The highest BCUT2D eigenvalue weighted by atomic mass is 79.9. The molecular weight excluding hydrogens is 411 g/mol. The van der Waals surface area contributed by atoms with E-state index in [2.05, 4.69) is 44.5 Å². The van der Waals surface area contributed by atoms with Crippen molar-refractivity contribution in [3.05, 3.63) is 50.7 Å². The first kappa shape index (κ1) is 17.3. The van der Waals surface area contributed by atoms with Crippen molar-refractivity contribution in [3.8, 4) is 0 Å². The van der Waals surface area contributed by atoms with Gasteiger partial charge in [-0.3, -0.25) is 4.79 Å². The molecule has 5 nitrogen and oxygen atoms in total. The molecular formula is C16H15BrClN4OP. The number of benzene rings is 1. The van der Waals surface area contributed by atoms with Crippen LogP contribution in [0.5, 0.6) is 0 Å². The summed E-state index contributed by atoms with van der Waals surface area (Å²) in [5.74, 6) is 0.594. The maximum Gasteiger partial charge on any atom is 0.258 e. The Bertz CT molecular complexity index is 990. The predicted molar refractivity (Wildman–Crippen MR) is 106 cm³/mol. The Hall–Kier alpha value is -1.49. The minimum absolute atomic E-state index is 0.00316. The van der Waals surface area contributed by atoms with E-state index >= 15 is 0 Å². The molecule has 0 atom stereocenters. The molecule has 0 bridgehead atoms. The predicted octanol–water partition coefficient (Wildman–Crippen LogP) is 3.85. The Balaban J connectivity index is 2.21. The molecule has 8 heteroatoms. The zero-order chi connectivity index (χ0) is 17.4. The molecule has 2 aromatic heterocycles. The first-order chi connectivity index (χ1) is 11.4. The monoisotopic (exact) mass is 424 g/mol. The van der Waals surface area contributed by atoms with E-state index < -0.39 is 7.92 Å². The van der Waals surface area contributed by atoms with Gasteiger partial charge >= 0.3 is 0 Å². The van der Waals surface area contributed by atoms with Crippen molar-refractivity contribution < 1.29 is 0 Å². The minimum Gasteiger partial charge on any atom is -0.339 e. The molecule has 2 heterocycles. The summed E-state index contributed by atoms with van der Waals surface area (Å²) >= 11 is 9.32. The smallest absolute Gasteiger partial charge is 0.258 e. The van der Waals surface area contributed by atoms with Crippen LogP contribution in [0.25, 0.3) is 10.8 Å². The highest BCUT2D eigenvalue weighted by Gasteiger charge is 2.15. The number of aromatic nitrogens is 3. The number of hydrogen-bond donors (Lipinski definition) is 1. The molecule has 0 aliphatic heterocycles. The summed E-state index contributed by atoms with van der Waals surface area (Å²) in [4.78, 5) is 20.5. The summed E-state index contributed by atoms with van der Waals surface area (Å²) in [7, 11) is 1.30. The van der Waals surface area contributed by atoms with Gasteiger partial charge in [0.25, 0.3) is 5.56 Å². The largest absolute Gasteiger partial charge is 0.339 e. The van der Waals surface area contributed by atoms with Gasteiger partial charge in [0.2, 0.25) is 5.28 Å². The van der Waals surface area contributed by atoms with E-state index in [1.54, 1.807) is 24.0 Å². The van der Waals surface area contributed by atoms with Crippen LogP contribution in [0, 0.1) is 0 Å². The molecule has 0 aliphatic carbocycles. The Labute approximate surface area is 154 Å². The number of nitrogens with one attached hydrogen (secondary N) is 1. The van der Waals surface area contributed by atoms with Crippen molar-refractivity contribution in [1.29, 1.82) is 0 Å². The third-order valence-electron chi connectivity index (χ3n) is 3.65. The summed E-state index contributed by atoms with van der Waals surface area (Å²) in [5, 5.41) is 6.30. The molecule has 3 rings (SSSR count). The van der Waals surface area contributed by atoms with Crippen LogP contribution in [0.15, 0.2) is 39.9 Å². The fourth-order valence-corrected chi connectivity index (χ4v) is 4.26. The molecule has 0 saturated carbocycles. The van der Waals surface area contributed by atoms with Crippen LogP contribution in [0.3, 0.4) is 0 Å². The fourth-order valence-electron chi connectivity index (χ4n) is 2.55. The van der Waals surface area contributed by atoms with Gasteiger partial charge in [-0.05, 0) is 64.4 Å². The summed E-state index contributed by atoms with van der Waals surface area (Å²) in [6, 6.07) is 5.75. The average Bonchev–Trinajstić information content (AvgIpc) is 2.54. The normalized spacial score (nSPS) is 11.2. The number of fused-ring (bicyclic) bond motifs is 1. The number of pyridine rings is 1. The van der Waals surface area contributed by atoms with Crippen LogP contribution < -0.4 is 16.2 Å². The number of hydrogen-bond acceptors (Lipinski definition) is 4. The molecule has 24 heavy (non-hydrogen) atoms. The topological polar surface area (TPSA) is 59.8 Å². The molecule has 3 aromatic rings. The Morgan fingerprint density at radius 3 is 2.71 bits per heavy atom. The third kappa shape index (κ3) is 3.18. The number of anilines is 2. The standard InChI is InChI=1S/C16H15BrClN4OP/c1-22-7-6-9-10(15(22)23)4-5-12(13(9)24(2)3)20-14-11(17)8-19-16(18)21-14/h4-8H,1-3H3,(H,19,20,21). The van der Waals surface area contributed by atoms with Gasteiger partial charge in [-0.2, -0.15) is 4.98 Å². The lowest BCUT2D eigenvalue weighted by atomic mass is 10.1. The minimum atomic E-state index is -0.454. The van der Waals surface area contributed by atoms with Gasteiger partial charge in [0, 0.05) is 35.8 Å². The average molecular weight is 426 g/mol. The Morgan fingerprint density at radius 1 is 1.25 bits per heavy atom. The summed E-state index contributed by atoms with van der Waals surface area (Å²) in [5.41, 5.74) is 0.922. The van der Waals surface area contributed by atoms with Crippen LogP contribution in [0.2, 0.25) is 5.28 Å². The summed E-state index contributed by atoms with van der Waals surface area (Å²) in [6.45, 7) is 4.32. The van der Waals surface area contributed by atoms with Crippen LogP contribution in [0.4, 0.5) is 11.5 Å². The van der Waals surface area contributed by atoms with Crippen LogP contribution in [-0.2, 0) is 7.05 Å². The quantitative estimate of drug-likeness (QED) is 0.511. The molecule has 0 aliphatic rings. The van der Waals surface area contributed by atoms with E-state index in [9.17, 15) is 4.79 Å². The second-order valence-corrected chi connectivity index (χ2v) is 8.94. The first-order valence-corrected chi connectivity index (χ1v) is 10.5. The van der Waals surface area contributed by atoms with Crippen LogP contribution in [0.1, 0.15) is 0 Å². The van der Waals surface area contributed by atoms with Crippen molar-refractivity contribution in [2.75, 3.05) is 18.6 Å². The zero-order valence-electron chi connectivity index (χ0n) is 13.3. The number of nitrogens with zero attached hydrogens (tertiary/aromatic N) is 3. The van der Waals surface area contributed by atoms with E-state index in [0.717, 1.165) is 26.2 Å². The van der Waals surface area contributed by atoms with Gasteiger partial charge in [-0.1, -0.05) is 7.92 Å². The first-order valence-electron chi connectivity index (χ1n) is 7.13. The molecule has 1 N–H and O–H groups in total. The molecule has 0 fully saturated rings. The lowest BCUT2D eigenvalue weighted by Gasteiger charge is -2.18. The summed E-state index contributed by atoms with van der Waals surface area (Å²) < 4.78 is 2.31. The van der Waals surface area contributed by atoms with E-state index in [1.165, 1.54) is 0 Å². The van der Waals surface area contributed by atoms with Gasteiger partial charge in [0.05, 0.1) is 4.47 Å². The maximum atomic E-state index is 12.4. The summed E-state index contributed by atoms with van der Waals surface area (Å²) in [6.07, 6.45) is 3.41. The van der Waals surface area contributed by atoms with Crippen molar-refractivity contribution in [2.45, 2.75) is 0 Å². The Morgan fingerprint density at radius 2 is 2.00 bits per heavy atom. The van der Waals surface area contributed by atoms with E-state index in [1.807, 2.05) is 18.2 Å². The van der Waals surface area contributed by atoms with Gasteiger partial charge in [-0.15, -0.1) is 0 Å². The molecule has 0 spiro atoms. The van der Waals surface area contributed by atoms with E-state index in [4.69, 9.17) is 11.6 Å². The van der Waals surface area contributed by atoms with Crippen LogP contribution >= 0.6 is 35.5 Å². The lowest BCUT2D eigenvalue weighted by molar-refractivity contribution is 0.873. The van der Waals surface area contributed by atoms with E-state index in [-0.39, 0.29) is 10.8 Å². The van der Waals surface area contributed by atoms with Gasteiger partial charge in [0.15, 0.2) is 0 Å². The zero-order valence-corrected chi connectivity index (χ0v) is 16.6. The fraction of sp³-hybridized carbons (Fsp3) is 0.188. The van der Waals surface area contributed by atoms with Gasteiger partial charge in [0.1, 0.15) is 5.82 Å². The molecule has 124 valence electrons. The third-order valence-corrected chi connectivity index (χ3v) is 5.79. The van der Waals surface area contributed by atoms with Crippen molar-refractivity contribution in [2.24, 2.45) is 7.05 Å². The molecule has 1 aromatic carbocycles.